The summed E-state index contributed by atoms with van der Waals surface area (Å²) in [7, 11) is 6.87. The van der Waals surface area contributed by atoms with Gasteiger partial charge in [0.2, 0.25) is 0 Å². The molecule has 0 amide bonds. The minimum absolute atomic E-state index is 0.0279. The average molecular weight is 350 g/mol. The van der Waals surface area contributed by atoms with Crippen molar-refractivity contribution in [3.8, 4) is 0 Å². The molecule has 0 atom stereocenters. The zero-order valence-electron chi connectivity index (χ0n) is 8.47. The fraction of sp³-hybridized carbons (Fsp3) is 0.300. The maximum absolute atomic E-state index is 13.7. The zero-order chi connectivity index (χ0) is 12.3. The molecule has 0 saturated carbocycles. The largest absolute Gasteiger partial charge is 0.469 e. The molecule has 2 radical (unpaired) electrons. The molecule has 0 N–H and O–H groups in total. The number of carbonyl (C=O) groups excluding carboxylic acids is 1. The van der Waals surface area contributed by atoms with E-state index >= 15 is 0 Å². The molecule has 0 aliphatic heterocycles. The fourth-order valence-corrected chi connectivity index (χ4v) is 2.01. The van der Waals surface area contributed by atoms with Crippen molar-refractivity contribution >= 4 is 51.1 Å². The Kier molecular flexibility index (Phi) is 4.99. The first kappa shape index (κ1) is 13.7. The Balaban J connectivity index is 3.07. The number of alkyl halides is 2. The molecule has 0 spiro atoms. The molecule has 6 heteroatoms. The Morgan fingerprint density at radius 2 is 2.19 bits per heavy atom. The summed E-state index contributed by atoms with van der Waals surface area (Å²) in [5, 5.41) is 0. The average Bonchev–Trinajstić information content (AvgIpc) is 2.24. The highest BCUT2D eigenvalue weighted by Gasteiger charge is 2.15. The summed E-state index contributed by atoms with van der Waals surface area (Å²) in [6, 6.07) is 3.18. The topological polar surface area (TPSA) is 26.3 Å². The monoisotopic (exact) mass is 348 g/mol. The van der Waals surface area contributed by atoms with Crippen LogP contribution in [0.15, 0.2) is 12.1 Å². The Hall–Kier alpha value is -0.355. The summed E-state index contributed by atoms with van der Waals surface area (Å²) < 4.78 is 18.0. The van der Waals surface area contributed by atoms with Crippen molar-refractivity contribution in [2.45, 2.75) is 10.2 Å². The van der Waals surface area contributed by atoms with Gasteiger partial charge in [0, 0.05) is 0 Å². The van der Waals surface area contributed by atoms with Crippen LogP contribution in [0.5, 0.6) is 0 Å². The Bertz CT molecular complexity index is 410. The Morgan fingerprint density at radius 1 is 1.56 bits per heavy atom. The number of benzene rings is 1. The molecule has 1 aromatic carbocycles. The highest BCUT2D eigenvalue weighted by Crippen LogP contribution is 2.28. The van der Waals surface area contributed by atoms with E-state index in [0.717, 1.165) is 0 Å². The third kappa shape index (κ3) is 3.07. The van der Waals surface area contributed by atoms with E-state index in [1.54, 1.807) is 6.07 Å². The summed E-state index contributed by atoms with van der Waals surface area (Å²) in [6.07, 6.45) is -0.123. The van der Waals surface area contributed by atoms with Crippen molar-refractivity contribution in [1.29, 1.82) is 0 Å². The fourth-order valence-electron chi connectivity index (χ4n) is 1.21. The number of ether oxygens (including phenoxy) is 1. The molecule has 0 aromatic heterocycles. The van der Waals surface area contributed by atoms with Gasteiger partial charge in [0.05, 0.1) is 17.3 Å². The maximum Gasteiger partial charge on any atom is 0.310 e. The van der Waals surface area contributed by atoms with Crippen LogP contribution in [-0.4, -0.2) is 20.9 Å². The van der Waals surface area contributed by atoms with Crippen LogP contribution in [0.2, 0.25) is 0 Å². The number of hydrogen-bond acceptors (Lipinski definition) is 2. The van der Waals surface area contributed by atoms with Gasteiger partial charge in [-0.3, -0.25) is 4.79 Å². The second kappa shape index (κ2) is 5.82. The number of methoxy groups -OCH3 is 1. The molecule has 0 aliphatic carbocycles. The molecule has 0 bridgehead atoms. The van der Waals surface area contributed by atoms with E-state index in [9.17, 15) is 9.18 Å². The van der Waals surface area contributed by atoms with Crippen LogP contribution in [-0.2, 0) is 16.0 Å². The normalized spacial score (nSPS) is 10.6. The van der Waals surface area contributed by atoms with Gasteiger partial charge in [0.15, 0.2) is 0 Å². The molecule has 0 heterocycles. The predicted molar refractivity (Wildman–Crippen MR) is 68.1 cm³/mol. The van der Waals surface area contributed by atoms with Gasteiger partial charge >= 0.3 is 5.97 Å². The van der Waals surface area contributed by atoms with E-state index in [0.29, 0.717) is 5.56 Å². The SMILES string of the molecule is [B]c1c(C(Br)Br)ccc(CC(=O)OC)c1F. The lowest BCUT2D eigenvalue weighted by atomic mass is 9.88. The van der Waals surface area contributed by atoms with Gasteiger partial charge in [-0.1, -0.05) is 49.5 Å². The molecular formula is C10H8BBr2FO2. The molecule has 0 unspecified atom stereocenters. The minimum atomic E-state index is -0.577. The predicted octanol–water partition coefficient (Wildman–Crippen LogP) is 2.12. The maximum atomic E-state index is 13.7. The van der Waals surface area contributed by atoms with E-state index in [2.05, 4.69) is 36.6 Å². The van der Waals surface area contributed by atoms with E-state index < -0.39 is 11.8 Å². The van der Waals surface area contributed by atoms with Gasteiger partial charge in [-0.15, -0.1) is 0 Å². The van der Waals surface area contributed by atoms with Crippen molar-refractivity contribution in [3.05, 3.63) is 29.1 Å². The first-order valence-corrected chi connectivity index (χ1v) is 6.22. The van der Waals surface area contributed by atoms with Crippen molar-refractivity contribution in [3.63, 3.8) is 0 Å². The van der Waals surface area contributed by atoms with E-state index in [4.69, 9.17) is 7.85 Å². The molecule has 0 fully saturated rings. The summed E-state index contributed by atoms with van der Waals surface area (Å²) >= 11 is 6.47. The molecule has 0 aliphatic rings. The minimum Gasteiger partial charge on any atom is -0.469 e. The smallest absolute Gasteiger partial charge is 0.310 e. The second-order valence-electron chi connectivity index (χ2n) is 3.10. The third-order valence-electron chi connectivity index (χ3n) is 2.09. The first-order chi connectivity index (χ1) is 7.47. The molecular weight excluding hydrogens is 342 g/mol. The van der Waals surface area contributed by atoms with Crippen molar-refractivity contribution in [2.24, 2.45) is 0 Å². The standard InChI is InChI=1S/C10H8BBr2FO2/c1-16-7(15)4-5-2-3-6(10(12)13)8(11)9(5)14/h2-3,10H,4H2,1H3. The van der Waals surface area contributed by atoms with Gasteiger partial charge in [-0.2, -0.15) is 0 Å². The lowest BCUT2D eigenvalue weighted by Gasteiger charge is -2.11. The number of halogens is 3. The van der Waals surface area contributed by atoms with Crippen LogP contribution < -0.4 is 5.46 Å². The van der Waals surface area contributed by atoms with Gasteiger partial charge in [0.1, 0.15) is 13.7 Å². The molecule has 2 nitrogen and oxygen atoms in total. The number of rotatable bonds is 3. The number of carbonyl (C=O) groups is 1. The van der Waals surface area contributed by atoms with Crippen LogP contribution in [0.4, 0.5) is 4.39 Å². The van der Waals surface area contributed by atoms with Crippen LogP contribution in [0, 0.1) is 5.82 Å². The zero-order valence-corrected chi connectivity index (χ0v) is 11.6. The molecule has 16 heavy (non-hydrogen) atoms. The van der Waals surface area contributed by atoms with Crippen molar-refractivity contribution in [1.82, 2.24) is 0 Å². The van der Waals surface area contributed by atoms with Gasteiger partial charge in [-0.05, 0) is 11.1 Å². The van der Waals surface area contributed by atoms with Crippen molar-refractivity contribution in [2.75, 3.05) is 7.11 Å². The second-order valence-corrected chi connectivity index (χ2v) is 6.16. The molecule has 84 valence electrons. The molecule has 1 aromatic rings. The quantitative estimate of drug-likeness (QED) is 0.475. The summed E-state index contributed by atoms with van der Waals surface area (Å²) in [5.41, 5.74) is 0.847. The van der Waals surface area contributed by atoms with E-state index in [1.165, 1.54) is 13.2 Å². The van der Waals surface area contributed by atoms with Crippen LogP contribution in [0.3, 0.4) is 0 Å². The summed E-state index contributed by atoms with van der Waals surface area (Å²) in [5.74, 6) is -1.08. The highest BCUT2D eigenvalue weighted by molar-refractivity contribution is 9.24. The van der Waals surface area contributed by atoms with Crippen molar-refractivity contribution < 1.29 is 13.9 Å². The Labute approximate surface area is 111 Å². The summed E-state index contributed by atoms with van der Waals surface area (Å²) in [4.78, 5) is 11.0. The first-order valence-electron chi connectivity index (χ1n) is 4.39. The van der Waals surface area contributed by atoms with Gasteiger partial charge in [0.25, 0.3) is 0 Å². The third-order valence-corrected chi connectivity index (χ3v) is 3.08. The van der Waals surface area contributed by atoms with Crippen LogP contribution in [0.25, 0.3) is 0 Å². The van der Waals surface area contributed by atoms with E-state index in [1.807, 2.05) is 0 Å². The molecule has 0 saturated heterocycles. The summed E-state index contributed by atoms with van der Waals surface area (Å²) in [6.45, 7) is 0. The number of hydrogen-bond donors (Lipinski definition) is 0. The lowest BCUT2D eigenvalue weighted by molar-refractivity contribution is -0.139. The Morgan fingerprint density at radius 3 is 2.69 bits per heavy atom. The number of esters is 1. The van der Waals surface area contributed by atoms with Crippen LogP contribution >= 0.6 is 31.9 Å². The van der Waals surface area contributed by atoms with Crippen LogP contribution in [0.1, 0.15) is 14.9 Å². The molecule has 1 rings (SSSR count). The van der Waals surface area contributed by atoms with E-state index in [-0.39, 0.29) is 21.2 Å². The highest BCUT2D eigenvalue weighted by atomic mass is 79.9. The van der Waals surface area contributed by atoms with Gasteiger partial charge < -0.3 is 4.74 Å². The lowest BCUT2D eigenvalue weighted by Crippen LogP contribution is -2.19. The van der Waals surface area contributed by atoms with Gasteiger partial charge in [-0.25, -0.2) is 4.39 Å².